The van der Waals surface area contributed by atoms with E-state index in [1.807, 2.05) is 31.3 Å². The Kier molecular flexibility index (Phi) is 5.22. The number of aromatic amines is 1. The number of pyridine rings is 1. The predicted molar refractivity (Wildman–Crippen MR) is 116 cm³/mol. The number of H-pyrrole nitrogens is 1. The second-order valence-electron chi connectivity index (χ2n) is 7.02. The molecular weight excluding hydrogens is 401 g/mol. The Bertz CT molecular complexity index is 1310. The topological polar surface area (TPSA) is 64.5 Å². The van der Waals surface area contributed by atoms with Crippen LogP contribution in [0, 0.1) is 18.3 Å². The van der Waals surface area contributed by atoms with Crippen LogP contribution in [-0.2, 0) is 6.18 Å². The molecule has 4 aromatic rings. The van der Waals surface area contributed by atoms with E-state index in [9.17, 15) is 18.4 Å². The van der Waals surface area contributed by atoms with Crippen molar-refractivity contribution < 1.29 is 13.2 Å². The van der Waals surface area contributed by atoms with Crippen molar-refractivity contribution in [2.75, 3.05) is 5.32 Å². The Labute approximate surface area is 176 Å². The van der Waals surface area contributed by atoms with E-state index < -0.39 is 11.7 Å². The Morgan fingerprint density at radius 1 is 1.03 bits per heavy atom. The molecule has 0 saturated heterocycles. The standard InChI is InChI=1S/C24H17F3N4/c1-15-20-10-11-30-22(20)9-8-21(15)31-23-17(13-29-14-18(23)12-28)5-2-16-3-6-19(7-4-16)24(25,26)27/h2-11,13-14,30H,1H3,(H,29,31). The third-order valence-electron chi connectivity index (χ3n) is 5.05. The largest absolute Gasteiger partial charge is 0.416 e. The SMILES string of the molecule is Cc1c(Nc2c(C#N)cncc2C=Cc2ccc(C(F)(F)F)cc2)ccc2[nH]ccc12. The zero-order chi connectivity index (χ0) is 22.0. The average molecular weight is 418 g/mol. The first-order valence-electron chi connectivity index (χ1n) is 9.44. The summed E-state index contributed by atoms with van der Waals surface area (Å²) in [5, 5.41) is 14.0. The minimum Gasteiger partial charge on any atom is -0.361 e. The first-order chi connectivity index (χ1) is 14.9. The van der Waals surface area contributed by atoms with Gasteiger partial charge in [0.15, 0.2) is 0 Å². The van der Waals surface area contributed by atoms with E-state index in [0.717, 1.165) is 34.3 Å². The Balaban J connectivity index is 1.68. The van der Waals surface area contributed by atoms with Gasteiger partial charge in [0, 0.05) is 40.7 Å². The highest BCUT2D eigenvalue weighted by atomic mass is 19.4. The van der Waals surface area contributed by atoms with Crippen molar-refractivity contribution in [3.63, 3.8) is 0 Å². The first-order valence-corrected chi connectivity index (χ1v) is 9.44. The maximum atomic E-state index is 12.8. The van der Waals surface area contributed by atoms with Gasteiger partial charge in [-0.1, -0.05) is 24.3 Å². The number of fused-ring (bicyclic) bond motifs is 1. The Morgan fingerprint density at radius 3 is 2.52 bits per heavy atom. The highest BCUT2D eigenvalue weighted by Gasteiger charge is 2.29. The van der Waals surface area contributed by atoms with Gasteiger partial charge in [0.2, 0.25) is 0 Å². The van der Waals surface area contributed by atoms with Crippen LogP contribution in [0.5, 0.6) is 0 Å². The van der Waals surface area contributed by atoms with Gasteiger partial charge in [-0.15, -0.1) is 0 Å². The summed E-state index contributed by atoms with van der Waals surface area (Å²) in [7, 11) is 0. The van der Waals surface area contributed by atoms with Crippen LogP contribution in [0.1, 0.15) is 27.8 Å². The molecule has 0 fully saturated rings. The molecule has 0 amide bonds. The van der Waals surface area contributed by atoms with Crippen molar-refractivity contribution in [1.82, 2.24) is 9.97 Å². The number of anilines is 2. The molecule has 0 spiro atoms. The van der Waals surface area contributed by atoms with E-state index in [0.29, 0.717) is 22.4 Å². The second kappa shape index (κ2) is 8.00. The molecule has 154 valence electrons. The second-order valence-corrected chi connectivity index (χ2v) is 7.02. The number of alkyl halides is 3. The van der Waals surface area contributed by atoms with Crippen LogP contribution >= 0.6 is 0 Å². The third-order valence-corrected chi connectivity index (χ3v) is 5.05. The molecule has 2 aromatic carbocycles. The summed E-state index contributed by atoms with van der Waals surface area (Å²) >= 11 is 0. The van der Waals surface area contributed by atoms with Crippen LogP contribution < -0.4 is 5.32 Å². The van der Waals surface area contributed by atoms with Crippen molar-refractivity contribution in [3.8, 4) is 6.07 Å². The molecule has 0 radical (unpaired) electrons. The summed E-state index contributed by atoms with van der Waals surface area (Å²) in [4.78, 5) is 7.28. The molecule has 0 unspecified atom stereocenters. The van der Waals surface area contributed by atoms with Crippen molar-refractivity contribution >= 4 is 34.4 Å². The zero-order valence-electron chi connectivity index (χ0n) is 16.5. The quantitative estimate of drug-likeness (QED) is 0.389. The molecule has 31 heavy (non-hydrogen) atoms. The number of aryl methyl sites for hydroxylation is 1. The number of nitrogens with one attached hydrogen (secondary N) is 2. The molecule has 2 heterocycles. The van der Waals surface area contributed by atoms with E-state index in [1.54, 1.807) is 18.3 Å². The lowest BCUT2D eigenvalue weighted by atomic mass is 10.1. The minimum absolute atomic E-state index is 0.364. The van der Waals surface area contributed by atoms with Crippen LogP contribution in [-0.4, -0.2) is 9.97 Å². The Morgan fingerprint density at radius 2 is 1.81 bits per heavy atom. The van der Waals surface area contributed by atoms with Gasteiger partial charge in [-0.25, -0.2) is 0 Å². The van der Waals surface area contributed by atoms with Crippen LogP contribution in [0.4, 0.5) is 24.5 Å². The van der Waals surface area contributed by atoms with Crippen LogP contribution in [0.2, 0.25) is 0 Å². The number of nitriles is 1. The third kappa shape index (κ3) is 4.14. The fourth-order valence-electron chi connectivity index (χ4n) is 3.35. The number of rotatable bonds is 4. The van der Waals surface area contributed by atoms with Crippen molar-refractivity contribution in [3.05, 3.63) is 88.9 Å². The number of hydrogen-bond donors (Lipinski definition) is 2. The van der Waals surface area contributed by atoms with Gasteiger partial charge in [0.25, 0.3) is 0 Å². The van der Waals surface area contributed by atoms with Gasteiger partial charge in [-0.3, -0.25) is 4.98 Å². The van der Waals surface area contributed by atoms with Crippen molar-refractivity contribution in [2.24, 2.45) is 0 Å². The predicted octanol–water partition coefficient (Wildman–Crippen LogP) is 6.68. The fourth-order valence-corrected chi connectivity index (χ4v) is 3.35. The summed E-state index contributed by atoms with van der Waals surface area (Å²) < 4.78 is 38.3. The normalized spacial score (nSPS) is 11.7. The van der Waals surface area contributed by atoms with Gasteiger partial charge in [-0.05, 0) is 48.4 Å². The summed E-state index contributed by atoms with van der Waals surface area (Å²) in [6.07, 6.45) is 3.99. The molecule has 2 N–H and O–H groups in total. The van der Waals surface area contributed by atoms with E-state index in [-0.39, 0.29) is 0 Å². The summed E-state index contributed by atoms with van der Waals surface area (Å²) in [6, 6.07) is 12.9. The van der Waals surface area contributed by atoms with Crippen molar-refractivity contribution in [2.45, 2.75) is 13.1 Å². The van der Waals surface area contributed by atoms with Gasteiger partial charge in [-0.2, -0.15) is 18.4 Å². The summed E-state index contributed by atoms with van der Waals surface area (Å²) in [6.45, 7) is 1.99. The maximum Gasteiger partial charge on any atom is 0.416 e. The number of aromatic nitrogens is 2. The van der Waals surface area contributed by atoms with Crippen molar-refractivity contribution in [1.29, 1.82) is 5.26 Å². The van der Waals surface area contributed by atoms with E-state index in [4.69, 9.17) is 0 Å². The molecule has 0 atom stereocenters. The van der Waals surface area contributed by atoms with Gasteiger partial charge >= 0.3 is 6.18 Å². The number of nitrogens with zero attached hydrogens (tertiary/aromatic N) is 2. The molecule has 4 nitrogen and oxygen atoms in total. The van der Waals surface area contributed by atoms with E-state index in [2.05, 4.69) is 21.4 Å². The lowest BCUT2D eigenvalue weighted by Crippen LogP contribution is -2.03. The smallest absolute Gasteiger partial charge is 0.361 e. The van der Waals surface area contributed by atoms with Gasteiger partial charge in [0.05, 0.1) is 16.8 Å². The maximum absolute atomic E-state index is 12.8. The number of benzene rings is 2. The molecule has 0 aliphatic carbocycles. The van der Waals surface area contributed by atoms with Crippen LogP contribution in [0.15, 0.2) is 61.1 Å². The zero-order valence-corrected chi connectivity index (χ0v) is 16.5. The van der Waals surface area contributed by atoms with E-state index in [1.165, 1.54) is 18.3 Å². The van der Waals surface area contributed by atoms with Gasteiger partial charge < -0.3 is 10.3 Å². The monoisotopic (exact) mass is 418 g/mol. The van der Waals surface area contributed by atoms with E-state index >= 15 is 0 Å². The molecular formula is C24H17F3N4. The molecule has 2 aromatic heterocycles. The summed E-state index contributed by atoms with van der Waals surface area (Å²) in [5.41, 5.74) is 4.38. The van der Waals surface area contributed by atoms with Crippen LogP contribution in [0.25, 0.3) is 23.1 Å². The highest BCUT2D eigenvalue weighted by molar-refractivity contribution is 5.90. The molecule has 0 bridgehead atoms. The Hall–Kier alpha value is -4.05. The molecule has 0 saturated carbocycles. The summed E-state index contributed by atoms with van der Waals surface area (Å²) in [5.74, 6) is 0. The molecule has 4 rings (SSSR count). The molecule has 0 aliphatic rings. The molecule has 0 aliphatic heterocycles. The number of halogens is 3. The fraction of sp³-hybridized carbons (Fsp3) is 0.0833. The van der Waals surface area contributed by atoms with Gasteiger partial charge in [0.1, 0.15) is 6.07 Å². The van der Waals surface area contributed by atoms with Crippen LogP contribution in [0.3, 0.4) is 0 Å². The average Bonchev–Trinajstić information content (AvgIpc) is 3.24. The lowest BCUT2D eigenvalue weighted by molar-refractivity contribution is -0.137. The molecule has 7 heteroatoms. The highest BCUT2D eigenvalue weighted by Crippen LogP contribution is 2.32. The lowest BCUT2D eigenvalue weighted by Gasteiger charge is -2.14. The first kappa shape index (κ1) is 20.2. The minimum atomic E-state index is -4.37. The number of hydrogen-bond acceptors (Lipinski definition) is 3.